The van der Waals surface area contributed by atoms with Gasteiger partial charge in [-0.25, -0.2) is 0 Å². The Morgan fingerprint density at radius 2 is 1.00 bits per heavy atom. The highest BCUT2D eigenvalue weighted by molar-refractivity contribution is 6.06. The van der Waals surface area contributed by atoms with Gasteiger partial charge in [-0.1, -0.05) is 53.7 Å². The summed E-state index contributed by atoms with van der Waals surface area (Å²) in [5.74, 6) is 0. The lowest BCUT2D eigenvalue weighted by atomic mass is 9.85. The molecule has 180 valence electrons. The lowest BCUT2D eigenvalue weighted by Gasteiger charge is -2.22. The number of hydrogen-bond donors (Lipinski definition) is 0. The highest BCUT2D eigenvalue weighted by atomic mass is 16.1. The van der Waals surface area contributed by atoms with Crippen LogP contribution in [0, 0.1) is 0 Å². The van der Waals surface area contributed by atoms with Crippen LogP contribution in [0.25, 0.3) is 38.1 Å². The van der Waals surface area contributed by atoms with Gasteiger partial charge in [0.1, 0.15) is 10.8 Å². The van der Waals surface area contributed by atoms with Gasteiger partial charge < -0.3 is 4.40 Å². The Hall–Kier alpha value is -3.27. The average molecular weight is 468 g/mol. The Kier molecular flexibility index (Phi) is 4.78. The molecule has 35 heavy (non-hydrogen) atoms. The smallest absolute Gasteiger partial charge is 0.203 e. The van der Waals surface area contributed by atoms with Gasteiger partial charge in [0.05, 0.1) is 16.6 Å². The molecule has 0 aliphatic rings. The lowest BCUT2D eigenvalue weighted by Crippen LogP contribution is -2.50. The third-order valence-electron chi connectivity index (χ3n) is 7.23. The van der Waals surface area contributed by atoms with Crippen molar-refractivity contribution < 1.29 is 4.57 Å². The monoisotopic (exact) mass is 467 g/mol. The van der Waals surface area contributed by atoms with E-state index in [-0.39, 0.29) is 27.2 Å². The van der Waals surface area contributed by atoms with Crippen LogP contribution in [-0.2, 0) is 16.4 Å². The molecular weight excluding hydrogens is 432 g/mol. The maximum Gasteiger partial charge on any atom is 0.203 e. The highest BCUT2D eigenvalue weighted by Gasteiger charge is 2.28. The van der Waals surface area contributed by atoms with Crippen LogP contribution in [0.2, 0.25) is 0 Å². The number of hydrogen-bond acceptors (Lipinski definition) is 2. The van der Waals surface area contributed by atoms with Gasteiger partial charge in [-0.3, -0.25) is 9.59 Å². The number of benzene rings is 2. The molecule has 0 atom stereocenters. The summed E-state index contributed by atoms with van der Waals surface area (Å²) in [7, 11) is 0. The summed E-state index contributed by atoms with van der Waals surface area (Å²) < 4.78 is 4.14. The first-order valence-electron chi connectivity index (χ1n) is 12.4. The third kappa shape index (κ3) is 3.53. The molecule has 0 unspecified atom stereocenters. The zero-order valence-corrected chi connectivity index (χ0v) is 22.3. The largest absolute Gasteiger partial charge is 0.307 e. The Bertz CT molecular complexity index is 1650. The fraction of sp³-hybridized carbons (Fsp3) is 0.387. The standard InChI is InChI=1S/C31H35N2O2/c1-29(2,3)18-10-12-24-20(14-18)27(34)22-16-32(31(7,8)9)17-23-26(22)33(24)25-13-11-19(30(4,5)6)15-21(25)28(23)35/h10-17H,1-9H3/q+1. The zero-order chi connectivity index (χ0) is 25.7. The summed E-state index contributed by atoms with van der Waals surface area (Å²) in [6.07, 6.45) is 3.84. The predicted molar refractivity (Wildman–Crippen MR) is 146 cm³/mol. The minimum Gasteiger partial charge on any atom is -0.307 e. The van der Waals surface area contributed by atoms with E-state index in [1.165, 1.54) is 0 Å². The molecular formula is C31H35N2O2+. The molecule has 0 fully saturated rings. The van der Waals surface area contributed by atoms with Crippen molar-refractivity contribution in [1.82, 2.24) is 4.40 Å². The van der Waals surface area contributed by atoms with Gasteiger partial charge in [0.2, 0.25) is 10.9 Å². The van der Waals surface area contributed by atoms with Gasteiger partial charge in [0, 0.05) is 31.5 Å². The molecule has 0 bridgehead atoms. The van der Waals surface area contributed by atoms with E-state index in [4.69, 9.17) is 0 Å². The summed E-state index contributed by atoms with van der Waals surface area (Å²) in [6.45, 7) is 19.2. The fourth-order valence-corrected chi connectivity index (χ4v) is 4.96. The second-order valence-electron chi connectivity index (χ2n) is 13.0. The Labute approximate surface area is 206 Å². The van der Waals surface area contributed by atoms with Crippen molar-refractivity contribution in [3.05, 3.63) is 80.4 Å². The first-order chi connectivity index (χ1) is 16.1. The van der Waals surface area contributed by atoms with Gasteiger partial charge >= 0.3 is 0 Å². The van der Waals surface area contributed by atoms with Crippen LogP contribution in [0.3, 0.4) is 0 Å². The summed E-state index contributed by atoms with van der Waals surface area (Å²) >= 11 is 0. The van der Waals surface area contributed by atoms with E-state index in [0.717, 1.165) is 22.2 Å². The number of nitrogens with zero attached hydrogens (tertiary/aromatic N) is 2. The summed E-state index contributed by atoms with van der Waals surface area (Å²) in [6, 6.07) is 12.4. The maximum atomic E-state index is 14.0. The molecule has 4 nitrogen and oxygen atoms in total. The molecule has 0 aliphatic carbocycles. The van der Waals surface area contributed by atoms with Crippen molar-refractivity contribution in [2.24, 2.45) is 0 Å². The molecule has 0 amide bonds. The molecule has 2 aromatic carbocycles. The molecule has 0 saturated carbocycles. The first-order valence-corrected chi connectivity index (χ1v) is 12.4. The number of aromatic nitrogens is 2. The Morgan fingerprint density at radius 3 is 1.34 bits per heavy atom. The van der Waals surface area contributed by atoms with Crippen LogP contribution >= 0.6 is 0 Å². The SMILES string of the molecule is CC(C)(C)c1ccc2c(c1)c(=O)c1c[n+](C(C)(C)C)cc3c(=O)c4cc(C(C)(C)C)ccc4n2c13. The Morgan fingerprint density at radius 1 is 0.600 bits per heavy atom. The van der Waals surface area contributed by atoms with Crippen LogP contribution in [0.1, 0.15) is 73.4 Å². The fourth-order valence-electron chi connectivity index (χ4n) is 4.96. The maximum absolute atomic E-state index is 14.0. The molecule has 5 rings (SSSR count). The molecule has 0 radical (unpaired) electrons. The molecule has 0 N–H and O–H groups in total. The first kappa shape index (κ1) is 23.5. The second-order valence-corrected chi connectivity index (χ2v) is 13.0. The Balaban J connectivity index is 2.12. The molecule has 0 spiro atoms. The average Bonchev–Trinajstić information content (AvgIpc) is 2.75. The van der Waals surface area contributed by atoms with E-state index in [0.29, 0.717) is 27.1 Å². The summed E-state index contributed by atoms with van der Waals surface area (Å²) in [5, 5.41) is 2.52. The van der Waals surface area contributed by atoms with Crippen LogP contribution in [0.5, 0.6) is 0 Å². The van der Waals surface area contributed by atoms with E-state index in [1.54, 1.807) is 0 Å². The van der Waals surface area contributed by atoms with Crippen molar-refractivity contribution in [2.45, 2.75) is 78.7 Å². The van der Waals surface area contributed by atoms with Crippen molar-refractivity contribution in [1.29, 1.82) is 0 Å². The molecule has 5 aromatic rings. The number of fused-ring (bicyclic) bond motifs is 4. The second kappa shape index (κ2) is 7.13. The number of pyridine rings is 3. The zero-order valence-electron chi connectivity index (χ0n) is 22.3. The minimum atomic E-state index is -0.280. The van der Waals surface area contributed by atoms with Crippen LogP contribution in [0.15, 0.2) is 58.4 Å². The van der Waals surface area contributed by atoms with E-state index in [9.17, 15) is 9.59 Å². The summed E-state index contributed by atoms with van der Waals surface area (Å²) in [4.78, 5) is 27.9. The molecule has 3 heterocycles. The van der Waals surface area contributed by atoms with E-state index >= 15 is 0 Å². The third-order valence-corrected chi connectivity index (χ3v) is 7.23. The topological polar surface area (TPSA) is 42.4 Å². The minimum absolute atomic E-state index is 0.0280. The molecule has 0 aliphatic heterocycles. The van der Waals surface area contributed by atoms with Crippen LogP contribution in [-0.4, -0.2) is 4.40 Å². The van der Waals surface area contributed by atoms with E-state index in [2.05, 4.69) is 78.8 Å². The van der Waals surface area contributed by atoms with Gasteiger partial charge in [0.25, 0.3) is 0 Å². The summed E-state index contributed by atoms with van der Waals surface area (Å²) in [5.41, 5.74) is 4.10. The van der Waals surface area contributed by atoms with Crippen molar-refractivity contribution >= 4 is 38.1 Å². The van der Waals surface area contributed by atoms with Gasteiger partial charge in [-0.15, -0.1) is 0 Å². The number of rotatable bonds is 0. The van der Waals surface area contributed by atoms with Gasteiger partial charge in [-0.2, -0.15) is 4.57 Å². The lowest BCUT2D eigenvalue weighted by molar-refractivity contribution is -0.752. The highest BCUT2D eigenvalue weighted by Crippen LogP contribution is 2.31. The van der Waals surface area contributed by atoms with Crippen LogP contribution in [0.4, 0.5) is 0 Å². The van der Waals surface area contributed by atoms with Gasteiger partial charge in [0.15, 0.2) is 17.9 Å². The quantitative estimate of drug-likeness (QED) is 0.155. The molecule has 4 heteroatoms. The van der Waals surface area contributed by atoms with Crippen molar-refractivity contribution in [2.75, 3.05) is 0 Å². The molecule has 0 saturated heterocycles. The van der Waals surface area contributed by atoms with E-state index < -0.39 is 0 Å². The van der Waals surface area contributed by atoms with E-state index in [1.807, 2.05) is 41.2 Å². The van der Waals surface area contributed by atoms with Crippen molar-refractivity contribution in [3.8, 4) is 0 Å². The molecule has 3 aromatic heterocycles. The van der Waals surface area contributed by atoms with Crippen molar-refractivity contribution in [3.63, 3.8) is 0 Å². The normalized spacial score (nSPS) is 13.5. The van der Waals surface area contributed by atoms with Gasteiger partial charge in [-0.05, 0) is 46.2 Å². The van der Waals surface area contributed by atoms with Crippen LogP contribution < -0.4 is 15.4 Å². The predicted octanol–water partition coefficient (Wildman–Crippen LogP) is 6.19.